The maximum Gasteiger partial charge on any atom is 0.256 e. The highest BCUT2D eigenvalue weighted by atomic mass is 16.1. The number of carbonyl (C=O) groups is 1. The first-order valence-electron chi connectivity index (χ1n) is 9.77. The van der Waals surface area contributed by atoms with Crippen LogP contribution in [0.5, 0.6) is 0 Å². The third-order valence-electron chi connectivity index (χ3n) is 4.62. The first-order chi connectivity index (χ1) is 13.7. The van der Waals surface area contributed by atoms with Crippen LogP contribution in [0.2, 0.25) is 0 Å². The van der Waals surface area contributed by atoms with Crippen LogP contribution in [-0.4, -0.2) is 27.2 Å². The van der Waals surface area contributed by atoms with Crippen LogP contribution in [0.4, 0.5) is 5.82 Å². The lowest BCUT2D eigenvalue weighted by Gasteiger charge is -2.17. The SMILES string of the molecule is CC.Cc1cc(NC(=O)c2ccc3c(c2)CCNC3)nn1Cc1ccccn1. The van der Waals surface area contributed by atoms with Gasteiger partial charge in [0.1, 0.15) is 0 Å². The number of hydrogen-bond donors (Lipinski definition) is 2. The van der Waals surface area contributed by atoms with E-state index in [0.29, 0.717) is 17.9 Å². The Hall–Kier alpha value is -2.99. The molecule has 4 rings (SSSR count). The number of carbonyl (C=O) groups excluding carboxylic acids is 1. The van der Waals surface area contributed by atoms with Gasteiger partial charge in [-0.15, -0.1) is 0 Å². The number of nitrogens with one attached hydrogen (secondary N) is 2. The fraction of sp³-hybridized carbons (Fsp3) is 0.318. The summed E-state index contributed by atoms with van der Waals surface area (Å²) in [4.78, 5) is 16.9. The number of benzene rings is 1. The Morgan fingerprint density at radius 1 is 1.18 bits per heavy atom. The van der Waals surface area contributed by atoms with Gasteiger partial charge in [-0.05, 0) is 55.3 Å². The molecule has 2 aromatic heterocycles. The molecule has 0 spiro atoms. The summed E-state index contributed by atoms with van der Waals surface area (Å²) >= 11 is 0. The van der Waals surface area contributed by atoms with Crippen LogP contribution in [0.15, 0.2) is 48.7 Å². The molecule has 3 aromatic rings. The lowest BCUT2D eigenvalue weighted by atomic mass is 9.98. The third-order valence-corrected chi connectivity index (χ3v) is 4.62. The predicted octanol–water partition coefficient (Wildman–Crippen LogP) is 3.56. The maximum absolute atomic E-state index is 12.6. The molecule has 0 fully saturated rings. The lowest BCUT2D eigenvalue weighted by Crippen LogP contribution is -2.24. The lowest BCUT2D eigenvalue weighted by molar-refractivity contribution is 0.102. The van der Waals surface area contributed by atoms with Crippen LogP contribution in [-0.2, 0) is 19.5 Å². The maximum atomic E-state index is 12.6. The van der Waals surface area contributed by atoms with Crippen molar-refractivity contribution < 1.29 is 4.79 Å². The normalized spacial score (nSPS) is 12.5. The molecule has 2 N–H and O–H groups in total. The Kier molecular flexibility index (Phi) is 6.55. The quantitative estimate of drug-likeness (QED) is 0.729. The molecule has 146 valence electrons. The van der Waals surface area contributed by atoms with Crippen LogP contribution in [0.25, 0.3) is 0 Å². The molecule has 1 aliphatic heterocycles. The van der Waals surface area contributed by atoms with Gasteiger partial charge >= 0.3 is 0 Å². The summed E-state index contributed by atoms with van der Waals surface area (Å²) in [5.74, 6) is 0.427. The monoisotopic (exact) mass is 377 g/mol. The van der Waals surface area contributed by atoms with Crippen molar-refractivity contribution in [3.63, 3.8) is 0 Å². The minimum atomic E-state index is -0.131. The van der Waals surface area contributed by atoms with Crippen molar-refractivity contribution in [2.45, 2.75) is 40.3 Å². The van der Waals surface area contributed by atoms with Gasteiger partial charge < -0.3 is 10.6 Å². The average Bonchev–Trinajstić information content (AvgIpc) is 3.08. The molecule has 6 heteroatoms. The number of nitrogens with zero attached hydrogens (tertiary/aromatic N) is 3. The molecule has 1 aliphatic rings. The number of fused-ring (bicyclic) bond motifs is 1. The zero-order valence-corrected chi connectivity index (χ0v) is 16.7. The second-order valence-corrected chi connectivity index (χ2v) is 6.51. The summed E-state index contributed by atoms with van der Waals surface area (Å²) in [7, 11) is 0. The zero-order chi connectivity index (χ0) is 19.9. The largest absolute Gasteiger partial charge is 0.312 e. The average molecular weight is 377 g/mol. The van der Waals surface area contributed by atoms with Crippen LogP contribution in [0.1, 0.15) is 46.7 Å². The van der Waals surface area contributed by atoms with Gasteiger partial charge in [0.05, 0.1) is 12.2 Å². The van der Waals surface area contributed by atoms with E-state index in [9.17, 15) is 4.79 Å². The van der Waals surface area contributed by atoms with E-state index in [1.807, 2.05) is 67.9 Å². The number of amides is 1. The smallest absolute Gasteiger partial charge is 0.256 e. The number of aromatic nitrogens is 3. The minimum Gasteiger partial charge on any atom is -0.312 e. The van der Waals surface area contributed by atoms with E-state index < -0.39 is 0 Å². The van der Waals surface area contributed by atoms with Gasteiger partial charge in [0.2, 0.25) is 0 Å². The first kappa shape index (κ1) is 19.8. The first-order valence-corrected chi connectivity index (χ1v) is 9.77. The summed E-state index contributed by atoms with van der Waals surface area (Å²) in [6.07, 6.45) is 2.72. The fourth-order valence-corrected chi connectivity index (χ4v) is 3.18. The number of rotatable bonds is 4. The summed E-state index contributed by atoms with van der Waals surface area (Å²) in [6, 6.07) is 13.6. The van der Waals surface area contributed by atoms with Crippen molar-refractivity contribution in [2.75, 3.05) is 11.9 Å². The highest BCUT2D eigenvalue weighted by molar-refractivity contribution is 6.03. The van der Waals surface area contributed by atoms with E-state index in [0.717, 1.165) is 30.9 Å². The van der Waals surface area contributed by atoms with E-state index >= 15 is 0 Å². The van der Waals surface area contributed by atoms with Crippen molar-refractivity contribution in [3.8, 4) is 0 Å². The van der Waals surface area contributed by atoms with Crippen LogP contribution in [0.3, 0.4) is 0 Å². The zero-order valence-electron chi connectivity index (χ0n) is 16.7. The van der Waals surface area contributed by atoms with Gasteiger partial charge in [-0.1, -0.05) is 26.0 Å². The molecule has 6 nitrogen and oxygen atoms in total. The summed E-state index contributed by atoms with van der Waals surface area (Å²) in [5.41, 5.74) is 5.08. The standard InChI is InChI=1S/C20H21N5O.C2H6/c1-14-10-19(24-25(14)13-18-4-2-3-8-22-18)23-20(26)16-5-6-17-12-21-9-7-15(17)11-16;1-2/h2-6,8,10-11,21H,7,9,12-13H2,1H3,(H,23,24,26);1-2H3. The predicted molar refractivity (Wildman–Crippen MR) is 111 cm³/mol. The molecular weight excluding hydrogens is 350 g/mol. The highest BCUT2D eigenvalue weighted by Gasteiger charge is 2.14. The van der Waals surface area contributed by atoms with Crippen LogP contribution >= 0.6 is 0 Å². The van der Waals surface area contributed by atoms with Crippen molar-refractivity contribution in [1.29, 1.82) is 0 Å². The highest BCUT2D eigenvalue weighted by Crippen LogP contribution is 2.17. The number of aryl methyl sites for hydroxylation is 1. The van der Waals surface area contributed by atoms with Gasteiger partial charge in [-0.3, -0.25) is 14.5 Å². The second kappa shape index (κ2) is 9.28. The second-order valence-electron chi connectivity index (χ2n) is 6.51. The Morgan fingerprint density at radius 2 is 2.04 bits per heavy atom. The topological polar surface area (TPSA) is 71.8 Å². The Bertz CT molecular complexity index is 933. The van der Waals surface area contributed by atoms with Gasteiger partial charge in [0.15, 0.2) is 5.82 Å². The molecule has 0 unspecified atom stereocenters. The molecule has 1 aromatic carbocycles. The summed E-state index contributed by atoms with van der Waals surface area (Å²) < 4.78 is 1.84. The fourth-order valence-electron chi connectivity index (χ4n) is 3.18. The number of pyridine rings is 1. The third kappa shape index (κ3) is 4.64. The molecule has 0 saturated carbocycles. The van der Waals surface area contributed by atoms with Gasteiger partial charge in [0, 0.05) is 30.1 Å². The van der Waals surface area contributed by atoms with Crippen molar-refractivity contribution in [2.24, 2.45) is 0 Å². The Morgan fingerprint density at radius 3 is 2.82 bits per heavy atom. The molecule has 0 aliphatic carbocycles. The van der Waals surface area contributed by atoms with Crippen LogP contribution < -0.4 is 10.6 Å². The Balaban J connectivity index is 0.00000109. The van der Waals surface area contributed by atoms with E-state index in [2.05, 4.69) is 20.7 Å². The Labute approximate surface area is 166 Å². The number of anilines is 1. The minimum absolute atomic E-state index is 0.131. The summed E-state index contributed by atoms with van der Waals surface area (Å²) in [6.45, 7) is 8.37. The van der Waals surface area contributed by atoms with E-state index in [-0.39, 0.29) is 5.91 Å². The van der Waals surface area contributed by atoms with E-state index in [4.69, 9.17) is 0 Å². The molecule has 0 bridgehead atoms. The molecule has 0 atom stereocenters. The van der Waals surface area contributed by atoms with Crippen LogP contribution in [0, 0.1) is 6.92 Å². The summed E-state index contributed by atoms with van der Waals surface area (Å²) in [5, 5.41) is 10.7. The van der Waals surface area contributed by atoms with Crippen molar-refractivity contribution >= 4 is 11.7 Å². The molecule has 0 radical (unpaired) electrons. The van der Waals surface area contributed by atoms with Gasteiger partial charge in [-0.25, -0.2) is 0 Å². The number of hydrogen-bond acceptors (Lipinski definition) is 4. The van der Waals surface area contributed by atoms with Crippen molar-refractivity contribution in [1.82, 2.24) is 20.1 Å². The van der Waals surface area contributed by atoms with Gasteiger partial charge in [-0.2, -0.15) is 5.10 Å². The molecular formula is C22H27N5O. The van der Waals surface area contributed by atoms with Crippen molar-refractivity contribution in [3.05, 3.63) is 76.7 Å². The molecule has 0 saturated heterocycles. The van der Waals surface area contributed by atoms with E-state index in [1.165, 1.54) is 11.1 Å². The molecule has 3 heterocycles. The molecule has 28 heavy (non-hydrogen) atoms. The van der Waals surface area contributed by atoms with E-state index in [1.54, 1.807) is 6.20 Å². The molecule has 1 amide bonds. The van der Waals surface area contributed by atoms with Gasteiger partial charge in [0.25, 0.3) is 5.91 Å².